The third-order valence-electron chi connectivity index (χ3n) is 3.83. The summed E-state index contributed by atoms with van der Waals surface area (Å²) in [5.41, 5.74) is 2.91. The molecule has 0 aliphatic rings. The molecule has 2 nitrogen and oxygen atoms in total. The Labute approximate surface area is 125 Å². The molecule has 0 fully saturated rings. The van der Waals surface area contributed by atoms with Gasteiger partial charge in [0.2, 0.25) is 0 Å². The zero-order valence-electron chi connectivity index (χ0n) is 12.9. The molecule has 0 radical (unpaired) electrons. The van der Waals surface area contributed by atoms with Gasteiger partial charge in [-0.15, -0.1) is 11.6 Å². The van der Waals surface area contributed by atoms with Crippen molar-refractivity contribution in [3.8, 4) is 0 Å². The van der Waals surface area contributed by atoms with E-state index >= 15 is 0 Å². The van der Waals surface area contributed by atoms with Crippen LogP contribution in [0.2, 0.25) is 0 Å². The molecule has 1 unspecified atom stereocenters. The second-order valence-corrected chi connectivity index (χ2v) is 6.04. The maximum Gasteiger partial charge on any atom is 0.0224 e. The Morgan fingerprint density at radius 3 is 1.74 bits per heavy atom. The van der Waals surface area contributed by atoms with E-state index in [-0.39, 0.29) is 0 Å². The lowest BCUT2D eigenvalue weighted by Crippen LogP contribution is -2.35. The molecule has 0 aromatic rings. The first kappa shape index (κ1) is 19.2. The molecule has 0 rings (SSSR count). The quantitative estimate of drug-likeness (QED) is 0.189. The Balaban J connectivity index is 3.16. The van der Waals surface area contributed by atoms with Gasteiger partial charge >= 0.3 is 0 Å². The minimum Gasteiger partial charge on any atom is -0.271 e. The summed E-state index contributed by atoms with van der Waals surface area (Å²) in [7, 11) is 0. The highest BCUT2D eigenvalue weighted by Crippen LogP contribution is 2.13. The van der Waals surface area contributed by atoms with Gasteiger partial charge < -0.3 is 0 Å². The standard InChI is InChI=1S/C16H35ClN2/c1-2-3-4-5-6-7-8-9-10-11-13-16(19-18)14-12-15-17/h16,19H,2-15,18H2,1H3. The maximum atomic E-state index is 5.70. The lowest BCUT2D eigenvalue weighted by atomic mass is 10.0. The maximum absolute atomic E-state index is 5.70. The second-order valence-electron chi connectivity index (χ2n) is 5.67. The fraction of sp³-hybridized carbons (Fsp3) is 1.00. The van der Waals surface area contributed by atoms with Gasteiger partial charge in [0.05, 0.1) is 0 Å². The molecule has 0 saturated heterocycles. The van der Waals surface area contributed by atoms with E-state index in [9.17, 15) is 0 Å². The fourth-order valence-electron chi connectivity index (χ4n) is 2.51. The van der Waals surface area contributed by atoms with Crippen LogP contribution in [0.25, 0.3) is 0 Å². The van der Waals surface area contributed by atoms with Crippen LogP contribution in [-0.2, 0) is 0 Å². The minimum absolute atomic E-state index is 0.466. The van der Waals surface area contributed by atoms with Crippen molar-refractivity contribution in [1.29, 1.82) is 0 Å². The molecule has 19 heavy (non-hydrogen) atoms. The van der Waals surface area contributed by atoms with E-state index in [1.54, 1.807) is 0 Å². The summed E-state index contributed by atoms with van der Waals surface area (Å²) in [6.07, 6.45) is 17.3. The van der Waals surface area contributed by atoms with Gasteiger partial charge in [-0.25, -0.2) is 0 Å². The molecule has 0 saturated carbocycles. The van der Waals surface area contributed by atoms with Crippen LogP contribution in [0.4, 0.5) is 0 Å². The zero-order valence-corrected chi connectivity index (χ0v) is 13.7. The summed E-state index contributed by atoms with van der Waals surface area (Å²) in [5, 5.41) is 0. The van der Waals surface area contributed by atoms with E-state index in [0.717, 1.165) is 18.7 Å². The van der Waals surface area contributed by atoms with Gasteiger partial charge in [-0.1, -0.05) is 71.1 Å². The van der Waals surface area contributed by atoms with E-state index in [4.69, 9.17) is 17.4 Å². The lowest BCUT2D eigenvalue weighted by Gasteiger charge is -2.14. The van der Waals surface area contributed by atoms with E-state index in [0.29, 0.717) is 6.04 Å². The van der Waals surface area contributed by atoms with Crippen LogP contribution in [0.5, 0.6) is 0 Å². The molecular weight excluding hydrogens is 256 g/mol. The summed E-state index contributed by atoms with van der Waals surface area (Å²) in [6.45, 7) is 2.27. The Morgan fingerprint density at radius 2 is 1.26 bits per heavy atom. The summed E-state index contributed by atoms with van der Waals surface area (Å²) >= 11 is 5.70. The molecule has 0 heterocycles. The SMILES string of the molecule is CCCCCCCCCCCCC(CCCCl)NN. The largest absolute Gasteiger partial charge is 0.271 e. The molecule has 0 aliphatic carbocycles. The lowest BCUT2D eigenvalue weighted by molar-refractivity contribution is 0.434. The van der Waals surface area contributed by atoms with Crippen LogP contribution < -0.4 is 11.3 Å². The minimum atomic E-state index is 0.466. The van der Waals surface area contributed by atoms with Crippen LogP contribution in [0, 0.1) is 0 Å². The molecule has 0 aromatic heterocycles. The van der Waals surface area contributed by atoms with Crippen LogP contribution in [0.1, 0.15) is 90.4 Å². The molecule has 0 aromatic carbocycles. The van der Waals surface area contributed by atoms with Crippen molar-refractivity contribution in [1.82, 2.24) is 5.43 Å². The summed E-state index contributed by atoms with van der Waals surface area (Å²) in [5.74, 6) is 6.29. The molecule has 116 valence electrons. The van der Waals surface area contributed by atoms with Gasteiger partial charge in [-0.05, 0) is 19.3 Å². The number of nitrogens with two attached hydrogens (primary N) is 1. The molecule has 0 amide bonds. The van der Waals surface area contributed by atoms with E-state index in [2.05, 4.69) is 12.3 Å². The smallest absolute Gasteiger partial charge is 0.0224 e. The molecule has 3 N–H and O–H groups in total. The summed E-state index contributed by atoms with van der Waals surface area (Å²) < 4.78 is 0. The summed E-state index contributed by atoms with van der Waals surface area (Å²) in [4.78, 5) is 0. The number of rotatable bonds is 15. The topological polar surface area (TPSA) is 38.0 Å². The van der Waals surface area contributed by atoms with Crippen LogP contribution in [0.15, 0.2) is 0 Å². The number of unbranched alkanes of at least 4 members (excludes halogenated alkanes) is 9. The fourth-order valence-corrected chi connectivity index (χ4v) is 2.67. The van der Waals surface area contributed by atoms with Crippen molar-refractivity contribution in [2.75, 3.05) is 5.88 Å². The molecule has 1 atom stereocenters. The van der Waals surface area contributed by atoms with Gasteiger partial charge in [-0.3, -0.25) is 11.3 Å². The van der Waals surface area contributed by atoms with E-state index < -0.39 is 0 Å². The number of hydrogen-bond acceptors (Lipinski definition) is 2. The van der Waals surface area contributed by atoms with Crippen molar-refractivity contribution in [2.45, 2.75) is 96.4 Å². The highest BCUT2D eigenvalue weighted by molar-refractivity contribution is 6.17. The van der Waals surface area contributed by atoms with Gasteiger partial charge in [0.15, 0.2) is 0 Å². The van der Waals surface area contributed by atoms with Crippen molar-refractivity contribution in [3.05, 3.63) is 0 Å². The average molecular weight is 291 g/mol. The van der Waals surface area contributed by atoms with Crippen LogP contribution in [-0.4, -0.2) is 11.9 Å². The molecule has 0 spiro atoms. The number of alkyl halides is 1. The Morgan fingerprint density at radius 1 is 0.789 bits per heavy atom. The molecule has 3 heteroatoms. The third kappa shape index (κ3) is 14.4. The summed E-state index contributed by atoms with van der Waals surface area (Å²) in [6, 6.07) is 0.466. The van der Waals surface area contributed by atoms with Gasteiger partial charge in [-0.2, -0.15) is 0 Å². The van der Waals surface area contributed by atoms with Gasteiger partial charge in [0.1, 0.15) is 0 Å². The van der Waals surface area contributed by atoms with E-state index in [1.165, 1.54) is 70.6 Å². The highest BCUT2D eigenvalue weighted by Gasteiger charge is 2.05. The Hall–Kier alpha value is 0.210. The Bertz CT molecular complexity index is 165. The number of hydrogen-bond donors (Lipinski definition) is 2. The third-order valence-corrected chi connectivity index (χ3v) is 4.10. The first-order valence-electron chi connectivity index (χ1n) is 8.37. The van der Waals surface area contributed by atoms with Crippen LogP contribution >= 0.6 is 11.6 Å². The zero-order chi connectivity index (χ0) is 14.2. The van der Waals surface area contributed by atoms with E-state index in [1.807, 2.05) is 0 Å². The molecule has 0 aliphatic heterocycles. The van der Waals surface area contributed by atoms with Gasteiger partial charge in [0.25, 0.3) is 0 Å². The van der Waals surface area contributed by atoms with Crippen molar-refractivity contribution in [2.24, 2.45) is 5.84 Å². The predicted octanol–water partition coefficient (Wildman–Crippen LogP) is 5.15. The predicted molar refractivity (Wildman–Crippen MR) is 87.5 cm³/mol. The normalized spacial score (nSPS) is 12.8. The van der Waals surface area contributed by atoms with Gasteiger partial charge in [0, 0.05) is 11.9 Å². The average Bonchev–Trinajstić information content (AvgIpc) is 2.44. The Kier molecular flexibility index (Phi) is 16.4. The van der Waals surface area contributed by atoms with Crippen LogP contribution in [0.3, 0.4) is 0 Å². The molecule has 0 bridgehead atoms. The van der Waals surface area contributed by atoms with Crippen molar-refractivity contribution in [3.63, 3.8) is 0 Å². The van der Waals surface area contributed by atoms with Crippen molar-refractivity contribution >= 4 is 11.6 Å². The highest BCUT2D eigenvalue weighted by atomic mass is 35.5. The molecular formula is C16H35ClN2. The second kappa shape index (κ2) is 16.3. The first-order valence-corrected chi connectivity index (χ1v) is 8.90. The van der Waals surface area contributed by atoms with Crippen molar-refractivity contribution < 1.29 is 0 Å². The number of nitrogens with one attached hydrogen (secondary N) is 1. The monoisotopic (exact) mass is 290 g/mol. The number of hydrazine groups is 1. The number of halogens is 1. The first-order chi connectivity index (χ1) is 9.35.